The second-order valence-corrected chi connectivity index (χ2v) is 4.27. The van der Waals surface area contributed by atoms with Gasteiger partial charge >= 0.3 is 0 Å². The second kappa shape index (κ2) is 5.67. The number of nitro groups is 1. The van der Waals surface area contributed by atoms with Crippen LogP contribution >= 0.6 is 11.6 Å². The first kappa shape index (κ1) is 13.3. The molecule has 2 aromatic rings. The highest BCUT2D eigenvalue weighted by Crippen LogP contribution is 2.30. The van der Waals surface area contributed by atoms with Crippen molar-refractivity contribution in [2.75, 3.05) is 11.9 Å². The molecule has 5 nitrogen and oxygen atoms in total. The molecule has 0 aliphatic rings. The smallest absolute Gasteiger partial charge is 0.275 e. The summed E-state index contributed by atoms with van der Waals surface area (Å²) in [6.07, 6.45) is 0. The summed E-state index contributed by atoms with van der Waals surface area (Å²) in [5, 5.41) is 14.4. The highest BCUT2D eigenvalue weighted by Gasteiger charge is 2.13. The molecule has 6 heteroatoms. The Morgan fingerprint density at radius 1 is 1.37 bits per heavy atom. The van der Waals surface area contributed by atoms with E-state index < -0.39 is 4.92 Å². The average Bonchev–Trinajstić information content (AvgIpc) is 2.39. The van der Waals surface area contributed by atoms with Gasteiger partial charge in [0, 0.05) is 23.2 Å². The van der Waals surface area contributed by atoms with Gasteiger partial charge in [-0.1, -0.05) is 29.8 Å². The van der Waals surface area contributed by atoms with Gasteiger partial charge < -0.3 is 5.32 Å². The summed E-state index contributed by atoms with van der Waals surface area (Å²) in [6.45, 7) is 2.53. The molecule has 0 aliphatic heterocycles. The van der Waals surface area contributed by atoms with Gasteiger partial charge in [-0.15, -0.1) is 0 Å². The highest BCUT2D eigenvalue weighted by atomic mass is 35.5. The summed E-state index contributed by atoms with van der Waals surface area (Å²) in [5.41, 5.74) is 1.14. The van der Waals surface area contributed by atoms with Gasteiger partial charge in [0.2, 0.25) is 0 Å². The molecular formula is C13H12ClN3O2. The van der Waals surface area contributed by atoms with Crippen LogP contribution in [0.1, 0.15) is 6.92 Å². The van der Waals surface area contributed by atoms with E-state index in [0.29, 0.717) is 28.6 Å². The van der Waals surface area contributed by atoms with Gasteiger partial charge in [0.05, 0.1) is 16.7 Å². The molecule has 1 heterocycles. The number of hydrogen-bond donors (Lipinski definition) is 1. The van der Waals surface area contributed by atoms with Crippen LogP contribution in [0.25, 0.3) is 11.3 Å². The second-order valence-electron chi connectivity index (χ2n) is 3.86. The topological polar surface area (TPSA) is 68.1 Å². The fourth-order valence-corrected chi connectivity index (χ4v) is 1.93. The number of nitrogens with zero attached hydrogens (tertiary/aromatic N) is 2. The van der Waals surface area contributed by atoms with Crippen LogP contribution < -0.4 is 5.32 Å². The van der Waals surface area contributed by atoms with Crippen molar-refractivity contribution >= 4 is 23.1 Å². The normalized spacial score (nSPS) is 10.2. The summed E-state index contributed by atoms with van der Waals surface area (Å²) >= 11 is 6.09. The third-order valence-electron chi connectivity index (χ3n) is 2.53. The zero-order valence-electron chi connectivity index (χ0n) is 10.3. The van der Waals surface area contributed by atoms with Gasteiger partial charge in [0.25, 0.3) is 5.69 Å². The van der Waals surface area contributed by atoms with Crippen molar-refractivity contribution in [2.45, 2.75) is 6.92 Å². The van der Waals surface area contributed by atoms with Crippen LogP contribution in [0, 0.1) is 10.1 Å². The predicted molar refractivity (Wildman–Crippen MR) is 75.5 cm³/mol. The van der Waals surface area contributed by atoms with Crippen molar-refractivity contribution in [3.63, 3.8) is 0 Å². The quantitative estimate of drug-likeness (QED) is 0.683. The lowest BCUT2D eigenvalue weighted by atomic mass is 10.1. The summed E-state index contributed by atoms with van der Waals surface area (Å²) in [4.78, 5) is 14.8. The molecule has 0 bridgehead atoms. The van der Waals surface area contributed by atoms with Gasteiger partial charge in [0.15, 0.2) is 0 Å². The summed E-state index contributed by atoms with van der Waals surface area (Å²) in [7, 11) is 0. The van der Waals surface area contributed by atoms with Crippen molar-refractivity contribution in [2.24, 2.45) is 0 Å². The zero-order chi connectivity index (χ0) is 13.8. The molecule has 0 saturated carbocycles. The molecule has 0 amide bonds. The van der Waals surface area contributed by atoms with Gasteiger partial charge in [-0.2, -0.15) is 0 Å². The van der Waals surface area contributed by atoms with Crippen LogP contribution in [0.4, 0.5) is 11.5 Å². The Labute approximate surface area is 115 Å². The van der Waals surface area contributed by atoms with E-state index in [2.05, 4.69) is 10.3 Å². The molecule has 0 saturated heterocycles. The van der Waals surface area contributed by atoms with Crippen molar-refractivity contribution in [3.05, 3.63) is 51.5 Å². The standard InChI is InChI=1S/C13H12ClN3O2/c1-2-15-13-8-9(17(18)19)7-12(16-13)10-5-3-4-6-11(10)14/h3-8H,2H2,1H3,(H,15,16). The minimum Gasteiger partial charge on any atom is -0.370 e. The Balaban J connectivity index is 2.56. The largest absolute Gasteiger partial charge is 0.370 e. The van der Waals surface area contributed by atoms with E-state index in [-0.39, 0.29) is 5.69 Å². The molecule has 0 fully saturated rings. The molecule has 98 valence electrons. The monoisotopic (exact) mass is 277 g/mol. The van der Waals surface area contributed by atoms with Crippen LogP contribution in [0.3, 0.4) is 0 Å². The molecule has 0 atom stereocenters. The number of pyridine rings is 1. The van der Waals surface area contributed by atoms with Gasteiger partial charge in [0.1, 0.15) is 5.82 Å². The molecule has 19 heavy (non-hydrogen) atoms. The zero-order valence-corrected chi connectivity index (χ0v) is 11.0. The van der Waals surface area contributed by atoms with Crippen molar-refractivity contribution in [1.29, 1.82) is 0 Å². The number of rotatable bonds is 4. The third kappa shape index (κ3) is 3.00. The Kier molecular flexibility index (Phi) is 3.97. The fourth-order valence-electron chi connectivity index (χ4n) is 1.70. The Bertz CT molecular complexity index is 617. The molecule has 0 unspecified atom stereocenters. The maximum absolute atomic E-state index is 10.9. The van der Waals surface area contributed by atoms with Crippen LogP contribution in [0.2, 0.25) is 5.02 Å². The minimum atomic E-state index is -0.442. The number of aromatic nitrogens is 1. The van der Waals surface area contributed by atoms with E-state index >= 15 is 0 Å². The van der Waals surface area contributed by atoms with Crippen LogP contribution in [0.15, 0.2) is 36.4 Å². The molecule has 1 aromatic heterocycles. The van der Waals surface area contributed by atoms with E-state index in [1.807, 2.05) is 13.0 Å². The van der Waals surface area contributed by atoms with E-state index in [1.54, 1.807) is 18.2 Å². The Hall–Kier alpha value is -2.14. The number of hydrogen-bond acceptors (Lipinski definition) is 4. The molecule has 0 aliphatic carbocycles. The van der Waals surface area contributed by atoms with Gasteiger partial charge in [-0.3, -0.25) is 10.1 Å². The van der Waals surface area contributed by atoms with Gasteiger partial charge in [-0.05, 0) is 13.0 Å². The SMILES string of the molecule is CCNc1cc([N+](=O)[O-])cc(-c2ccccc2Cl)n1. The lowest BCUT2D eigenvalue weighted by Gasteiger charge is -2.07. The summed E-state index contributed by atoms with van der Waals surface area (Å²) in [6, 6.07) is 9.95. The van der Waals surface area contributed by atoms with Crippen molar-refractivity contribution in [3.8, 4) is 11.3 Å². The first-order chi connectivity index (χ1) is 9.11. The Morgan fingerprint density at radius 2 is 2.11 bits per heavy atom. The minimum absolute atomic E-state index is 0.0131. The molecule has 0 radical (unpaired) electrons. The average molecular weight is 278 g/mol. The van der Waals surface area contributed by atoms with Crippen molar-refractivity contribution in [1.82, 2.24) is 4.98 Å². The maximum atomic E-state index is 10.9. The number of benzene rings is 1. The highest BCUT2D eigenvalue weighted by molar-refractivity contribution is 6.33. The lowest BCUT2D eigenvalue weighted by Crippen LogP contribution is -2.01. The van der Waals surface area contributed by atoms with E-state index in [9.17, 15) is 10.1 Å². The van der Waals surface area contributed by atoms with E-state index in [1.165, 1.54) is 12.1 Å². The molecule has 1 N–H and O–H groups in total. The van der Waals surface area contributed by atoms with Crippen molar-refractivity contribution < 1.29 is 4.92 Å². The fraction of sp³-hybridized carbons (Fsp3) is 0.154. The molecule has 2 rings (SSSR count). The van der Waals surface area contributed by atoms with Gasteiger partial charge in [-0.25, -0.2) is 4.98 Å². The molecule has 0 spiro atoms. The van der Waals surface area contributed by atoms with Crippen LogP contribution in [-0.2, 0) is 0 Å². The number of halogens is 1. The van der Waals surface area contributed by atoms with Crippen LogP contribution in [-0.4, -0.2) is 16.5 Å². The first-order valence-electron chi connectivity index (χ1n) is 5.77. The Morgan fingerprint density at radius 3 is 2.74 bits per heavy atom. The molecular weight excluding hydrogens is 266 g/mol. The van der Waals surface area contributed by atoms with Crippen LogP contribution in [0.5, 0.6) is 0 Å². The first-order valence-corrected chi connectivity index (χ1v) is 6.15. The predicted octanol–water partition coefficient (Wildman–Crippen LogP) is 3.74. The number of nitrogens with one attached hydrogen (secondary N) is 1. The lowest BCUT2D eigenvalue weighted by molar-refractivity contribution is -0.384. The third-order valence-corrected chi connectivity index (χ3v) is 2.86. The van der Waals surface area contributed by atoms with E-state index in [0.717, 1.165) is 0 Å². The maximum Gasteiger partial charge on any atom is 0.275 e. The summed E-state index contributed by atoms with van der Waals surface area (Å²) in [5.74, 6) is 0.464. The van der Waals surface area contributed by atoms with E-state index in [4.69, 9.17) is 11.6 Å². The summed E-state index contributed by atoms with van der Waals surface area (Å²) < 4.78 is 0. The molecule has 1 aromatic carbocycles. The number of anilines is 1.